The van der Waals surface area contributed by atoms with E-state index in [1.54, 1.807) is 19.2 Å². The molecule has 0 unspecified atom stereocenters. The minimum atomic E-state index is -3.51. The number of sulfonamides is 1. The van der Waals surface area contributed by atoms with E-state index in [2.05, 4.69) is 10.6 Å². The van der Waals surface area contributed by atoms with Gasteiger partial charge in [-0.05, 0) is 58.9 Å². The molecule has 7 heteroatoms. The molecule has 0 saturated carbocycles. The van der Waals surface area contributed by atoms with Gasteiger partial charge < -0.3 is 10.6 Å². The fraction of sp³-hybridized carbons (Fsp3) is 0.533. The third kappa shape index (κ3) is 4.99. The van der Waals surface area contributed by atoms with E-state index in [9.17, 15) is 13.2 Å². The quantitative estimate of drug-likeness (QED) is 0.892. The van der Waals surface area contributed by atoms with Gasteiger partial charge in [0.25, 0.3) is 0 Å². The molecule has 2 amide bonds. The minimum Gasteiger partial charge on any atom is -0.333 e. The predicted molar refractivity (Wildman–Crippen MR) is 88.4 cm³/mol. The number of carbonyl (C=O) groups is 1. The van der Waals surface area contributed by atoms with Crippen LogP contribution >= 0.6 is 0 Å². The summed E-state index contributed by atoms with van der Waals surface area (Å²) in [4.78, 5) is 12.0. The molecule has 0 bridgehead atoms. The Hall–Kier alpha value is -1.60. The van der Waals surface area contributed by atoms with Crippen molar-refractivity contribution in [2.45, 2.75) is 51.1 Å². The molecule has 1 aromatic rings. The first kappa shape index (κ1) is 18.4. The van der Waals surface area contributed by atoms with Crippen molar-refractivity contribution in [2.75, 3.05) is 12.4 Å². The zero-order valence-electron chi connectivity index (χ0n) is 14.0. The van der Waals surface area contributed by atoms with Crippen LogP contribution in [0.1, 0.15) is 34.6 Å². The lowest BCUT2D eigenvalue weighted by atomic mass is 10.1. The molecule has 124 valence electrons. The smallest absolute Gasteiger partial charge is 0.319 e. The van der Waals surface area contributed by atoms with Gasteiger partial charge in [-0.15, -0.1) is 0 Å². The average Bonchev–Trinajstić information content (AvgIpc) is 2.35. The van der Waals surface area contributed by atoms with Gasteiger partial charge in [-0.1, -0.05) is 0 Å². The van der Waals surface area contributed by atoms with Gasteiger partial charge in [0.2, 0.25) is 10.0 Å². The molecule has 0 aromatic heterocycles. The van der Waals surface area contributed by atoms with E-state index in [0.717, 1.165) is 0 Å². The lowest BCUT2D eigenvalue weighted by Gasteiger charge is -2.22. The van der Waals surface area contributed by atoms with Crippen LogP contribution in [0, 0.1) is 0 Å². The van der Waals surface area contributed by atoms with Crippen LogP contribution in [0.3, 0.4) is 0 Å². The Morgan fingerprint density at radius 2 is 1.64 bits per heavy atom. The molecule has 2 N–H and O–H groups in total. The topological polar surface area (TPSA) is 78.5 Å². The van der Waals surface area contributed by atoms with Crippen LogP contribution in [0.4, 0.5) is 10.5 Å². The maximum absolute atomic E-state index is 12.3. The van der Waals surface area contributed by atoms with Crippen molar-refractivity contribution in [3.8, 4) is 0 Å². The Kier molecular flexibility index (Phi) is 5.59. The summed E-state index contributed by atoms with van der Waals surface area (Å²) in [6.45, 7) is 9.26. The zero-order chi connectivity index (χ0) is 17.1. The largest absolute Gasteiger partial charge is 0.333 e. The Morgan fingerprint density at radius 1 is 1.14 bits per heavy atom. The van der Waals surface area contributed by atoms with E-state index in [1.807, 2.05) is 34.6 Å². The van der Waals surface area contributed by atoms with Crippen molar-refractivity contribution in [3.05, 3.63) is 24.3 Å². The third-order valence-corrected chi connectivity index (χ3v) is 5.05. The first-order valence-electron chi connectivity index (χ1n) is 7.11. The van der Waals surface area contributed by atoms with Gasteiger partial charge >= 0.3 is 6.03 Å². The van der Waals surface area contributed by atoms with E-state index in [1.165, 1.54) is 16.4 Å². The second-order valence-electron chi connectivity index (χ2n) is 6.47. The number of carbonyl (C=O) groups excluding carboxylic acids is 1. The van der Waals surface area contributed by atoms with Gasteiger partial charge in [0.15, 0.2) is 0 Å². The number of hydrogen-bond acceptors (Lipinski definition) is 3. The number of nitrogens with zero attached hydrogens (tertiary/aromatic N) is 1. The highest BCUT2D eigenvalue weighted by Gasteiger charge is 2.23. The molecule has 0 aliphatic heterocycles. The molecule has 0 heterocycles. The normalized spacial score (nSPS) is 12.5. The summed E-state index contributed by atoms with van der Waals surface area (Å²) in [6.07, 6.45) is 0. The molecule has 0 fully saturated rings. The van der Waals surface area contributed by atoms with Crippen LogP contribution in [-0.2, 0) is 10.0 Å². The van der Waals surface area contributed by atoms with Crippen molar-refractivity contribution in [1.29, 1.82) is 0 Å². The second-order valence-corrected chi connectivity index (χ2v) is 8.47. The zero-order valence-corrected chi connectivity index (χ0v) is 14.8. The number of hydrogen-bond donors (Lipinski definition) is 2. The second kappa shape index (κ2) is 6.66. The summed E-state index contributed by atoms with van der Waals surface area (Å²) in [5, 5.41) is 5.44. The predicted octanol–water partition coefficient (Wildman–Crippen LogP) is 2.64. The van der Waals surface area contributed by atoms with Gasteiger partial charge in [-0.25, -0.2) is 13.2 Å². The fourth-order valence-electron chi connectivity index (χ4n) is 1.66. The maximum Gasteiger partial charge on any atom is 0.319 e. The maximum atomic E-state index is 12.3. The Morgan fingerprint density at radius 3 is 2.05 bits per heavy atom. The first-order valence-corrected chi connectivity index (χ1v) is 8.55. The molecule has 22 heavy (non-hydrogen) atoms. The van der Waals surface area contributed by atoms with E-state index >= 15 is 0 Å². The summed E-state index contributed by atoms with van der Waals surface area (Å²) in [5.74, 6) is 0. The third-order valence-electron chi connectivity index (χ3n) is 3.00. The van der Waals surface area contributed by atoms with Crippen molar-refractivity contribution in [1.82, 2.24) is 9.62 Å². The number of anilines is 1. The summed E-state index contributed by atoms with van der Waals surface area (Å²) < 4.78 is 25.9. The van der Waals surface area contributed by atoms with Gasteiger partial charge in [0.05, 0.1) is 4.90 Å². The van der Waals surface area contributed by atoms with Crippen LogP contribution in [0.15, 0.2) is 29.2 Å². The van der Waals surface area contributed by atoms with Gasteiger partial charge in [0, 0.05) is 24.3 Å². The highest BCUT2D eigenvalue weighted by atomic mass is 32.2. The summed E-state index contributed by atoms with van der Waals surface area (Å²) in [7, 11) is -1.96. The van der Waals surface area contributed by atoms with Crippen molar-refractivity contribution in [3.63, 3.8) is 0 Å². The lowest BCUT2D eigenvalue weighted by molar-refractivity contribution is 0.244. The molecular weight excluding hydrogens is 302 g/mol. The number of amides is 2. The lowest BCUT2D eigenvalue weighted by Crippen LogP contribution is -2.43. The Labute approximate surface area is 132 Å². The van der Waals surface area contributed by atoms with Crippen molar-refractivity contribution >= 4 is 21.7 Å². The molecule has 0 saturated heterocycles. The molecule has 0 aliphatic carbocycles. The molecule has 1 aromatic carbocycles. The van der Waals surface area contributed by atoms with Gasteiger partial charge in [0.1, 0.15) is 0 Å². The molecule has 0 atom stereocenters. The number of urea groups is 1. The Bertz CT molecular complexity index is 616. The van der Waals surface area contributed by atoms with Crippen LogP contribution in [-0.4, -0.2) is 37.4 Å². The van der Waals surface area contributed by atoms with E-state index in [4.69, 9.17) is 0 Å². The van der Waals surface area contributed by atoms with Crippen LogP contribution < -0.4 is 10.6 Å². The van der Waals surface area contributed by atoms with E-state index in [0.29, 0.717) is 5.69 Å². The summed E-state index contributed by atoms with van der Waals surface area (Å²) in [6, 6.07) is 5.66. The van der Waals surface area contributed by atoms with E-state index < -0.39 is 10.0 Å². The number of rotatable bonds is 4. The monoisotopic (exact) mass is 327 g/mol. The minimum absolute atomic E-state index is 0.125. The standard InChI is InChI=1S/C15H25N3O3S/c1-11(2)18(6)22(20,21)13-9-7-12(8-10-13)16-14(19)17-15(3,4)5/h7-11H,1-6H3,(H2,16,17,19). The van der Waals surface area contributed by atoms with Crippen molar-refractivity contribution < 1.29 is 13.2 Å². The molecule has 0 aliphatic rings. The van der Waals surface area contributed by atoms with Crippen LogP contribution in [0.2, 0.25) is 0 Å². The van der Waals surface area contributed by atoms with Gasteiger partial charge in [-0.3, -0.25) is 0 Å². The molecular formula is C15H25N3O3S. The number of nitrogens with one attached hydrogen (secondary N) is 2. The van der Waals surface area contributed by atoms with Crippen molar-refractivity contribution in [2.24, 2.45) is 0 Å². The SMILES string of the molecule is CC(C)N(C)S(=O)(=O)c1ccc(NC(=O)NC(C)(C)C)cc1. The highest BCUT2D eigenvalue weighted by Crippen LogP contribution is 2.19. The van der Waals surface area contributed by atoms with Crippen LogP contribution in [0.5, 0.6) is 0 Å². The highest BCUT2D eigenvalue weighted by molar-refractivity contribution is 7.89. The first-order chi connectivity index (χ1) is 9.93. The summed E-state index contributed by atoms with van der Waals surface area (Å²) >= 11 is 0. The van der Waals surface area contributed by atoms with Gasteiger partial charge in [-0.2, -0.15) is 4.31 Å². The average molecular weight is 327 g/mol. The fourth-order valence-corrected chi connectivity index (χ4v) is 3.02. The molecule has 0 radical (unpaired) electrons. The van der Waals surface area contributed by atoms with E-state index in [-0.39, 0.29) is 22.5 Å². The Balaban J connectivity index is 2.86. The molecule has 0 spiro atoms. The molecule has 6 nitrogen and oxygen atoms in total. The summed E-state index contributed by atoms with van der Waals surface area (Å²) in [5.41, 5.74) is 0.195. The number of benzene rings is 1. The molecule has 1 rings (SSSR count). The van der Waals surface area contributed by atoms with Crippen LogP contribution in [0.25, 0.3) is 0 Å².